The van der Waals surface area contributed by atoms with Crippen LogP contribution in [0.2, 0.25) is 0 Å². The normalized spacial score (nSPS) is 14.1. The predicted molar refractivity (Wildman–Crippen MR) is 67.3 cm³/mol. The lowest BCUT2D eigenvalue weighted by molar-refractivity contribution is -0.137. The number of amides is 1. The zero-order valence-corrected chi connectivity index (χ0v) is 10.7. The van der Waals surface area contributed by atoms with Crippen molar-refractivity contribution in [2.45, 2.75) is 12.7 Å². The summed E-state index contributed by atoms with van der Waals surface area (Å²) >= 11 is 0. The van der Waals surface area contributed by atoms with Crippen molar-refractivity contribution >= 4 is 12.3 Å². The van der Waals surface area contributed by atoms with Crippen LogP contribution in [0, 0.1) is 0 Å². The first-order valence-electron chi connectivity index (χ1n) is 5.91. The Balaban J connectivity index is 1.84. The second kappa shape index (κ2) is 6.29. The number of carbonyl (C=O) groups is 1. The van der Waals surface area contributed by atoms with E-state index in [0.29, 0.717) is 12.2 Å². The minimum atomic E-state index is -4.38. The van der Waals surface area contributed by atoms with Crippen LogP contribution in [0.25, 0.3) is 0 Å². The van der Waals surface area contributed by atoms with Crippen molar-refractivity contribution in [1.82, 2.24) is 5.32 Å². The molecule has 0 saturated heterocycles. The smallest absolute Gasteiger partial charge is 0.416 e. The molecule has 1 heterocycles. The average Bonchev–Trinajstić information content (AvgIpc) is 2.46. The van der Waals surface area contributed by atoms with Crippen LogP contribution in [0.15, 0.2) is 41.4 Å². The van der Waals surface area contributed by atoms with Crippen molar-refractivity contribution in [2.24, 2.45) is 4.99 Å². The number of benzene rings is 1. The number of rotatable bonds is 3. The first-order chi connectivity index (χ1) is 9.95. The van der Waals surface area contributed by atoms with Gasteiger partial charge in [0.1, 0.15) is 12.9 Å². The van der Waals surface area contributed by atoms with Crippen molar-refractivity contribution in [3.8, 4) is 0 Å². The van der Waals surface area contributed by atoms with Crippen molar-refractivity contribution in [2.75, 3.05) is 6.61 Å². The second-order valence-electron chi connectivity index (χ2n) is 4.04. The van der Waals surface area contributed by atoms with Gasteiger partial charge in [0.05, 0.1) is 5.56 Å². The Labute approximate surface area is 118 Å². The van der Waals surface area contributed by atoms with Gasteiger partial charge in [-0.15, -0.1) is 0 Å². The molecule has 0 spiro atoms. The molecule has 0 atom stereocenters. The lowest BCUT2D eigenvalue weighted by Gasteiger charge is -2.10. The monoisotopic (exact) mass is 300 g/mol. The van der Waals surface area contributed by atoms with Crippen LogP contribution in [0.3, 0.4) is 0 Å². The van der Waals surface area contributed by atoms with Crippen LogP contribution in [0.4, 0.5) is 18.0 Å². The van der Waals surface area contributed by atoms with Crippen LogP contribution < -0.4 is 5.32 Å². The van der Waals surface area contributed by atoms with E-state index in [4.69, 9.17) is 9.47 Å². The number of alkyl halides is 3. The number of hydrogen-bond donors (Lipinski definition) is 1. The highest BCUT2D eigenvalue weighted by molar-refractivity contribution is 5.69. The molecule has 1 aliphatic heterocycles. The van der Waals surface area contributed by atoms with Crippen molar-refractivity contribution < 1.29 is 27.4 Å². The minimum Gasteiger partial charge on any atom is -0.490 e. The highest BCUT2D eigenvalue weighted by Gasteiger charge is 2.29. The van der Waals surface area contributed by atoms with E-state index in [2.05, 4.69) is 10.3 Å². The fraction of sp³-hybridized carbons (Fsp3) is 0.231. The molecule has 0 unspecified atom stereocenters. The molecule has 1 N–H and O–H groups in total. The Morgan fingerprint density at radius 3 is 2.62 bits per heavy atom. The molecule has 0 fully saturated rings. The van der Waals surface area contributed by atoms with Gasteiger partial charge in [-0.25, -0.2) is 9.79 Å². The van der Waals surface area contributed by atoms with E-state index in [9.17, 15) is 18.0 Å². The maximum atomic E-state index is 12.4. The Morgan fingerprint density at radius 2 is 2.05 bits per heavy atom. The van der Waals surface area contributed by atoms with E-state index in [0.717, 1.165) is 12.1 Å². The summed E-state index contributed by atoms with van der Waals surface area (Å²) in [5, 5.41) is 2.39. The number of nitrogens with zero attached hydrogens (tertiary/aromatic N) is 1. The van der Waals surface area contributed by atoms with E-state index >= 15 is 0 Å². The average molecular weight is 300 g/mol. The Hall–Kier alpha value is -2.51. The Morgan fingerprint density at radius 1 is 1.33 bits per heavy atom. The molecule has 5 nitrogen and oxygen atoms in total. The second-order valence-corrected chi connectivity index (χ2v) is 4.04. The Kier molecular flexibility index (Phi) is 4.46. The highest BCUT2D eigenvalue weighted by atomic mass is 19.4. The number of aliphatic imine (C=N–C) groups is 1. The third-order valence-electron chi connectivity index (χ3n) is 2.49. The van der Waals surface area contributed by atoms with Gasteiger partial charge in [-0.1, -0.05) is 12.1 Å². The topological polar surface area (TPSA) is 59.9 Å². The standard InChI is InChI=1S/C13H11F3N2O3/c14-13(15,16)10-3-1-9(2-4-10)7-18-12(19)21-11-8-20-6-5-17-11/h1-5,8H,6-7H2,(H,18,19). The van der Waals surface area contributed by atoms with Gasteiger partial charge in [-0.2, -0.15) is 13.2 Å². The van der Waals surface area contributed by atoms with E-state index in [-0.39, 0.29) is 12.4 Å². The molecular weight excluding hydrogens is 289 g/mol. The lowest BCUT2D eigenvalue weighted by atomic mass is 10.1. The number of alkyl carbamates (subject to hydrolysis) is 1. The summed E-state index contributed by atoms with van der Waals surface area (Å²) in [5.41, 5.74) is -0.231. The fourth-order valence-corrected chi connectivity index (χ4v) is 1.49. The maximum Gasteiger partial charge on any atom is 0.416 e. The number of nitrogens with one attached hydrogen (secondary N) is 1. The Bertz CT molecular complexity index is 565. The minimum absolute atomic E-state index is 0.00571. The van der Waals surface area contributed by atoms with E-state index in [1.165, 1.54) is 24.6 Å². The predicted octanol–water partition coefficient (Wildman–Crippen LogP) is 2.83. The SMILES string of the molecule is O=C(NCc1ccc(C(F)(F)F)cc1)OC1=COCC=N1. The third kappa shape index (κ3) is 4.51. The van der Waals surface area contributed by atoms with Gasteiger partial charge in [0.25, 0.3) is 5.88 Å². The summed E-state index contributed by atoms with van der Waals surface area (Å²) in [4.78, 5) is 15.2. The maximum absolute atomic E-state index is 12.4. The van der Waals surface area contributed by atoms with Crippen LogP contribution in [-0.4, -0.2) is 18.9 Å². The molecule has 21 heavy (non-hydrogen) atoms. The molecule has 0 aromatic heterocycles. The number of halogens is 3. The van der Waals surface area contributed by atoms with Crippen molar-refractivity contribution in [3.63, 3.8) is 0 Å². The number of hydrogen-bond acceptors (Lipinski definition) is 4. The summed E-state index contributed by atoms with van der Waals surface area (Å²) < 4.78 is 46.8. The van der Waals surface area contributed by atoms with Crippen LogP contribution >= 0.6 is 0 Å². The van der Waals surface area contributed by atoms with Crippen molar-refractivity contribution in [1.29, 1.82) is 0 Å². The van der Waals surface area contributed by atoms with E-state index in [1.807, 2.05) is 0 Å². The zero-order chi connectivity index (χ0) is 15.3. The third-order valence-corrected chi connectivity index (χ3v) is 2.49. The first-order valence-corrected chi connectivity index (χ1v) is 5.91. The van der Waals surface area contributed by atoms with Crippen molar-refractivity contribution in [3.05, 3.63) is 47.5 Å². The molecule has 0 saturated carbocycles. The molecule has 1 aromatic rings. The van der Waals surface area contributed by atoms with Gasteiger partial charge in [0.2, 0.25) is 0 Å². The largest absolute Gasteiger partial charge is 0.490 e. The number of ether oxygens (including phenoxy) is 2. The van der Waals surface area contributed by atoms with Gasteiger partial charge in [-0.05, 0) is 17.7 Å². The van der Waals surface area contributed by atoms with Crippen LogP contribution in [-0.2, 0) is 22.2 Å². The molecule has 0 radical (unpaired) electrons. The summed E-state index contributed by atoms with van der Waals surface area (Å²) in [6.45, 7) is 0.342. The van der Waals surface area contributed by atoms with E-state index in [1.54, 1.807) is 0 Å². The van der Waals surface area contributed by atoms with E-state index < -0.39 is 17.8 Å². The van der Waals surface area contributed by atoms with Crippen LogP contribution in [0.1, 0.15) is 11.1 Å². The van der Waals surface area contributed by atoms with Gasteiger partial charge >= 0.3 is 12.3 Å². The molecule has 1 amide bonds. The first kappa shape index (κ1) is 14.9. The van der Waals surface area contributed by atoms with Gasteiger partial charge < -0.3 is 14.8 Å². The summed E-state index contributed by atoms with van der Waals surface area (Å²) in [6, 6.07) is 4.46. The molecular formula is C13H11F3N2O3. The zero-order valence-electron chi connectivity index (χ0n) is 10.7. The molecule has 1 aliphatic rings. The summed E-state index contributed by atoms with van der Waals surface area (Å²) in [5.74, 6) is 0.00571. The quantitative estimate of drug-likeness (QED) is 0.933. The summed E-state index contributed by atoms with van der Waals surface area (Å²) in [6.07, 6.45) is -2.53. The van der Waals surface area contributed by atoms with Gasteiger partial charge in [0.15, 0.2) is 0 Å². The highest BCUT2D eigenvalue weighted by Crippen LogP contribution is 2.29. The van der Waals surface area contributed by atoms with Crippen LogP contribution in [0.5, 0.6) is 0 Å². The molecule has 0 aliphatic carbocycles. The van der Waals surface area contributed by atoms with Gasteiger partial charge in [0, 0.05) is 12.8 Å². The molecule has 8 heteroatoms. The lowest BCUT2D eigenvalue weighted by Crippen LogP contribution is -2.23. The number of carbonyl (C=O) groups excluding carboxylic acids is 1. The molecule has 1 aromatic carbocycles. The molecule has 112 valence electrons. The molecule has 0 bridgehead atoms. The molecule has 2 rings (SSSR count). The van der Waals surface area contributed by atoms with Gasteiger partial charge in [-0.3, -0.25) is 0 Å². The fourth-order valence-electron chi connectivity index (χ4n) is 1.49. The summed E-state index contributed by atoms with van der Waals surface area (Å²) in [7, 11) is 0.